The number of anilines is 1. The molecule has 2 aromatic rings. The van der Waals surface area contributed by atoms with Gasteiger partial charge in [0.25, 0.3) is 5.91 Å². The van der Waals surface area contributed by atoms with Crippen LogP contribution in [0.15, 0.2) is 48.5 Å². The van der Waals surface area contributed by atoms with Gasteiger partial charge in [0.15, 0.2) is 0 Å². The zero-order chi connectivity index (χ0) is 16.9. The minimum atomic E-state index is -0.270. The summed E-state index contributed by atoms with van der Waals surface area (Å²) in [5.41, 5.74) is 1.78. The quantitative estimate of drug-likeness (QED) is 0.887. The van der Waals surface area contributed by atoms with Crippen LogP contribution in [-0.2, 0) is 6.54 Å². The van der Waals surface area contributed by atoms with Gasteiger partial charge in [0.2, 0.25) is 0 Å². The minimum absolute atomic E-state index is 0.0173. The molecule has 1 saturated heterocycles. The number of benzene rings is 2. The maximum atomic E-state index is 13.8. The van der Waals surface area contributed by atoms with Crippen molar-refractivity contribution in [2.45, 2.75) is 25.4 Å². The van der Waals surface area contributed by atoms with E-state index in [0.29, 0.717) is 29.9 Å². The van der Waals surface area contributed by atoms with Crippen LogP contribution in [0, 0.1) is 5.82 Å². The first-order chi connectivity index (χ1) is 11.7. The van der Waals surface area contributed by atoms with Gasteiger partial charge in [0.1, 0.15) is 5.82 Å². The maximum absolute atomic E-state index is 13.8. The van der Waals surface area contributed by atoms with Gasteiger partial charge in [-0.05, 0) is 31.0 Å². The molecule has 0 saturated carbocycles. The Labute approximate surface area is 140 Å². The third kappa shape index (κ3) is 3.41. The van der Waals surface area contributed by atoms with Gasteiger partial charge in [-0.3, -0.25) is 4.79 Å². The number of hydrogen-bond acceptors (Lipinski definition) is 3. The van der Waals surface area contributed by atoms with Gasteiger partial charge in [0.05, 0.1) is 18.2 Å². The Balaban J connectivity index is 1.78. The number of carbonyl (C=O) groups excluding carboxylic acids is 1. The number of aliphatic hydroxyl groups excluding tert-OH is 1. The predicted octanol–water partition coefficient (Wildman–Crippen LogP) is 3.03. The SMILES string of the molecule is O=C(c1ccccc1NCc1ccccc1F)N1CCCC1CO. The van der Waals surface area contributed by atoms with Crippen molar-refractivity contribution in [2.24, 2.45) is 0 Å². The van der Waals surface area contributed by atoms with Crippen LogP contribution in [0.1, 0.15) is 28.8 Å². The average Bonchev–Trinajstić information content (AvgIpc) is 3.09. The molecule has 0 bridgehead atoms. The summed E-state index contributed by atoms with van der Waals surface area (Å²) in [4.78, 5) is 14.5. The van der Waals surface area contributed by atoms with E-state index in [9.17, 15) is 14.3 Å². The van der Waals surface area contributed by atoms with Gasteiger partial charge in [-0.1, -0.05) is 30.3 Å². The molecule has 1 aliphatic heterocycles. The smallest absolute Gasteiger partial charge is 0.256 e. The normalized spacial score (nSPS) is 17.1. The third-order valence-corrected chi connectivity index (χ3v) is 4.43. The van der Waals surface area contributed by atoms with E-state index in [-0.39, 0.29) is 24.4 Å². The van der Waals surface area contributed by atoms with Crippen molar-refractivity contribution in [2.75, 3.05) is 18.5 Å². The lowest BCUT2D eigenvalue weighted by Gasteiger charge is -2.24. The Bertz CT molecular complexity index is 720. The summed E-state index contributed by atoms with van der Waals surface area (Å²) in [6.07, 6.45) is 1.73. The first kappa shape index (κ1) is 16.5. The second-order valence-corrected chi connectivity index (χ2v) is 5.97. The van der Waals surface area contributed by atoms with Gasteiger partial charge >= 0.3 is 0 Å². The summed E-state index contributed by atoms with van der Waals surface area (Å²) < 4.78 is 13.8. The molecular weight excluding hydrogens is 307 g/mol. The molecule has 0 radical (unpaired) electrons. The van der Waals surface area contributed by atoms with Crippen LogP contribution in [0.3, 0.4) is 0 Å². The van der Waals surface area contributed by atoms with E-state index >= 15 is 0 Å². The number of aliphatic hydroxyl groups is 1. The molecule has 2 N–H and O–H groups in total. The van der Waals surface area contributed by atoms with Crippen LogP contribution in [0.4, 0.5) is 10.1 Å². The molecule has 24 heavy (non-hydrogen) atoms. The lowest BCUT2D eigenvalue weighted by molar-refractivity contribution is 0.0678. The van der Waals surface area contributed by atoms with E-state index in [1.165, 1.54) is 6.07 Å². The lowest BCUT2D eigenvalue weighted by atomic mass is 10.1. The Kier molecular flexibility index (Phi) is 5.11. The molecule has 0 aromatic heterocycles. The lowest BCUT2D eigenvalue weighted by Crippen LogP contribution is -2.37. The van der Waals surface area contributed by atoms with E-state index < -0.39 is 0 Å². The van der Waals surface area contributed by atoms with E-state index in [0.717, 1.165) is 12.8 Å². The number of nitrogens with one attached hydrogen (secondary N) is 1. The summed E-state index contributed by atoms with van der Waals surface area (Å²) in [5.74, 6) is -0.364. The fraction of sp³-hybridized carbons (Fsp3) is 0.316. The highest BCUT2D eigenvalue weighted by molar-refractivity contribution is 5.99. The summed E-state index contributed by atoms with van der Waals surface area (Å²) in [6.45, 7) is 0.947. The number of para-hydroxylation sites is 1. The molecule has 3 rings (SSSR count). The van der Waals surface area contributed by atoms with Crippen LogP contribution in [0.25, 0.3) is 0 Å². The summed E-state index contributed by atoms with van der Waals surface area (Å²) in [7, 11) is 0. The van der Waals surface area contributed by atoms with Crippen molar-refractivity contribution in [3.05, 3.63) is 65.5 Å². The molecule has 1 atom stereocenters. The van der Waals surface area contributed by atoms with Crippen molar-refractivity contribution in [1.29, 1.82) is 0 Å². The second kappa shape index (κ2) is 7.45. The van der Waals surface area contributed by atoms with E-state index in [4.69, 9.17) is 0 Å². The predicted molar refractivity (Wildman–Crippen MR) is 91.3 cm³/mol. The van der Waals surface area contributed by atoms with Crippen molar-refractivity contribution in [3.63, 3.8) is 0 Å². The molecule has 1 unspecified atom stereocenters. The van der Waals surface area contributed by atoms with Crippen LogP contribution >= 0.6 is 0 Å². The Morgan fingerprint density at radius 3 is 2.75 bits per heavy atom. The number of carbonyl (C=O) groups is 1. The van der Waals surface area contributed by atoms with Gasteiger partial charge in [-0.25, -0.2) is 4.39 Å². The second-order valence-electron chi connectivity index (χ2n) is 5.97. The van der Waals surface area contributed by atoms with Crippen LogP contribution in [0.5, 0.6) is 0 Å². The average molecular weight is 328 g/mol. The van der Waals surface area contributed by atoms with E-state index in [1.54, 1.807) is 29.2 Å². The largest absolute Gasteiger partial charge is 0.394 e. The molecule has 126 valence electrons. The molecule has 0 aliphatic carbocycles. The first-order valence-electron chi connectivity index (χ1n) is 8.19. The van der Waals surface area contributed by atoms with Crippen LogP contribution < -0.4 is 5.32 Å². The zero-order valence-corrected chi connectivity index (χ0v) is 13.4. The van der Waals surface area contributed by atoms with Gasteiger partial charge < -0.3 is 15.3 Å². The number of likely N-dealkylation sites (tertiary alicyclic amines) is 1. The van der Waals surface area contributed by atoms with E-state index in [2.05, 4.69) is 5.32 Å². The molecule has 5 heteroatoms. The standard InChI is InChI=1S/C19H21FN2O2/c20-17-9-3-1-6-14(17)12-21-18-10-4-2-8-16(18)19(24)22-11-5-7-15(22)13-23/h1-4,6,8-10,15,21,23H,5,7,11-13H2. The third-order valence-electron chi connectivity index (χ3n) is 4.43. The fourth-order valence-electron chi connectivity index (χ4n) is 3.10. The fourth-order valence-corrected chi connectivity index (χ4v) is 3.10. The topological polar surface area (TPSA) is 52.6 Å². The molecule has 4 nitrogen and oxygen atoms in total. The Morgan fingerprint density at radius 2 is 1.96 bits per heavy atom. The Hall–Kier alpha value is -2.40. The summed E-state index contributed by atoms with van der Waals surface area (Å²) in [6, 6.07) is 13.7. The van der Waals surface area contributed by atoms with Crippen molar-refractivity contribution >= 4 is 11.6 Å². The highest BCUT2D eigenvalue weighted by Crippen LogP contribution is 2.24. The van der Waals surface area contributed by atoms with Crippen molar-refractivity contribution < 1.29 is 14.3 Å². The van der Waals surface area contributed by atoms with Crippen molar-refractivity contribution in [3.8, 4) is 0 Å². The maximum Gasteiger partial charge on any atom is 0.256 e. The first-order valence-corrected chi connectivity index (χ1v) is 8.19. The van der Waals surface area contributed by atoms with Crippen molar-refractivity contribution in [1.82, 2.24) is 4.90 Å². The number of hydrogen-bond donors (Lipinski definition) is 2. The molecule has 1 fully saturated rings. The number of nitrogens with zero attached hydrogens (tertiary/aromatic N) is 1. The number of amides is 1. The van der Waals surface area contributed by atoms with E-state index in [1.807, 2.05) is 18.2 Å². The molecule has 1 amide bonds. The molecule has 0 spiro atoms. The monoisotopic (exact) mass is 328 g/mol. The number of rotatable bonds is 5. The minimum Gasteiger partial charge on any atom is -0.394 e. The highest BCUT2D eigenvalue weighted by atomic mass is 19.1. The summed E-state index contributed by atoms with van der Waals surface area (Å²) in [5, 5.41) is 12.6. The zero-order valence-electron chi connectivity index (χ0n) is 13.4. The van der Waals surface area contributed by atoms with Crippen LogP contribution in [-0.4, -0.2) is 35.1 Å². The summed E-state index contributed by atoms with van der Waals surface area (Å²) >= 11 is 0. The molecule has 1 aliphatic rings. The molecule has 1 heterocycles. The number of halogens is 1. The highest BCUT2D eigenvalue weighted by Gasteiger charge is 2.29. The Morgan fingerprint density at radius 1 is 1.21 bits per heavy atom. The van der Waals surface area contributed by atoms with Gasteiger partial charge in [-0.15, -0.1) is 0 Å². The molecule has 2 aromatic carbocycles. The van der Waals surface area contributed by atoms with Gasteiger partial charge in [0, 0.05) is 24.3 Å². The van der Waals surface area contributed by atoms with Gasteiger partial charge in [-0.2, -0.15) is 0 Å². The molecular formula is C19H21FN2O2. The van der Waals surface area contributed by atoms with Crippen LogP contribution in [0.2, 0.25) is 0 Å².